The van der Waals surface area contributed by atoms with Crippen LogP contribution < -0.4 is 5.32 Å². The smallest absolute Gasteiger partial charge is 0.243 e. The van der Waals surface area contributed by atoms with Gasteiger partial charge in [0, 0.05) is 22.6 Å². The Kier molecular flexibility index (Phi) is 4.39. The number of imidazole rings is 1. The van der Waals surface area contributed by atoms with Crippen molar-refractivity contribution in [2.45, 2.75) is 32.2 Å². The van der Waals surface area contributed by atoms with Crippen molar-refractivity contribution in [2.24, 2.45) is 0 Å². The molecule has 0 amide bonds. The van der Waals surface area contributed by atoms with Gasteiger partial charge in [0.1, 0.15) is 11.5 Å². The topological polar surface area (TPSA) is 80.1 Å². The highest BCUT2D eigenvalue weighted by Crippen LogP contribution is 2.31. The first-order chi connectivity index (χ1) is 14.1. The number of ether oxygens (including phenoxy) is 1. The third kappa shape index (κ3) is 3.11. The highest BCUT2D eigenvalue weighted by Gasteiger charge is 2.24. The zero-order valence-electron chi connectivity index (χ0n) is 16.1. The molecule has 8 heteroatoms. The summed E-state index contributed by atoms with van der Waals surface area (Å²) < 4.78 is 7.15. The molecule has 0 unspecified atom stereocenters. The molecule has 0 radical (unpaired) electrons. The van der Waals surface area contributed by atoms with Crippen molar-refractivity contribution in [3.8, 4) is 0 Å². The lowest BCUT2D eigenvalue weighted by Crippen LogP contribution is -2.28. The lowest BCUT2D eigenvalue weighted by Gasteiger charge is -2.24. The molecule has 5 rings (SSSR count). The number of hydrogen-bond acceptors (Lipinski definition) is 5. The number of benzene rings is 1. The molecular weight excluding hydrogens is 388 g/mol. The average Bonchev–Trinajstić information content (AvgIpc) is 3.29. The van der Waals surface area contributed by atoms with E-state index in [0.717, 1.165) is 19.3 Å². The van der Waals surface area contributed by atoms with Gasteiger partial charge in [0.2, 0.25) is 5.28 Å². The number of nitrogens with one attached hydrogen (secondary N) is 2. The summed E-state index contributed by atoms with van der Waals surface area (Å²) in [5.41, 5.74) is 5.16. The van der Waals surface area contributed by atoms with Crippen molar-refractivity contribution in [1.29, 1.82) is 0 Å². The number of fused-ring (bicyclic) bond motifs is 4. The normalized spacial score (nSPS) is 16.1. The van der Waals surface area contributed by atoms with E-state index in [-0.39, 0.29) is 11.3 Å². The average molecular weight is 409 g/mol. The van der Waals surface area contributed by atoms with Crippen molar-refractivity contribution >= 4 is 39.7 Å². The number of para-hydroxylation sites is 1. The highest BCUT2D eigenvalue weighted by molar-refractivity contribution is 6.28. The molecule has 29 heavy (non-hydrogen) atoms. The number of nitrogens with zero attached hydrogens (tertiary/aromatic N) is 4. The maximum Gasteiger partial charge on any atom is 0.243 e. The van der Waals surface area contributed by atoms with Crippen molar-refractivity contribution < 1.29 is 4.74 Å². The van der Waals surface area contributed by atoms with Crippen LogP contribution in [0.3, 0.4) is 0 Å². The Labute approximate surface area is 172 Å². The zero-order chi connectivity index (χ0) is 20.0. The molecule has 4 aromatic rings. The standard InChI is InChI=1S/C21H21ClN6O/c1-3-29-12(2)18-11-23-20-19(26-21(22)27-28(18)20)24-13-8-9-17-15(10-13)14-6-4-5-7-16(14)25-17/h4-7,11,13,25H,2-3,8-10H2,1H3,(H,24,26,27)/t13-/m1/s1. The SMILES string of the molecule is C=C(OCC)c1cnc2c(N[C@@H]3CCc4[nH]c5ccccc5c4C3)nc(Cl)nn12. The third-order valence-corrected chi connectivity index (χ3v) is 5.54. The predicted molar refractivity (Wildman–Crippen MR) is 114 cm³/mol. The molecule has 148 valence electrons. The highest BCUT2D eigenvalue weighted by atomic mass is 35.5. The van der Waals surface area contributed by atoms with Crippen molar-refractivity contribution in [2.75, 3.05) is 11.9 Å². The van der Waals surface area contributed by atoms with E-state index in [1.807, 2.05) is 6.92 Å². The van der Waals surface area contributed by atoms with Crippen LogP contribution in [0.4, 0.5) is 5.82 Å². The Hall–Kier alpha value is -3.06. The third-order valence-electron chi connectivity index (χ3n) is 5.38. The quantitative estimate of drug-likeness (QED) is 0.483. The number of hydrogen-bond donors (Lipinski definition) is 2. The minimum Gasteiger partial charge on any atom is -0.492 e. The Bertz CT molecular complexity index is 1230. The van der Waals surface area contributed by atoms with Gasteiger partial charge in [0.25, 0.3) is 0 Å². The Balaban J connectivity index is 1.47. The molecule has 0 saturated heterocycles. The van der Waals surface area contributed by atoms with E-state index in [1.54, 1.807) is 10.7 Å². The molecule has 1 aliphatic rings. The molecule has 0 saturated carbocycles. The fourth-order valence-electron chi connectivity index (χ4n) is 4.08. The first-order valence-electron chi connectivity index (χ1n) is 9.72. The molecule has 1 aromatic carbocycles. The monoisotopic (exact) mass is 408 g/mol. The van der Waals surface area contributed by atoms with Crippen molar-refractivity contribution in [3.05, 3.63) is 59.3 Å². The second-order valence-corrected chi connectivity index (χ2v) is 7.51. The number of aromatic nitrogens is 5. The van der Waals surface area contributed by atoms with E-state index in [9.17, 15) is 0 Å². The van der Waals surface area contributed by atoms with E-state index in [0.29, 0.717) is 29.5 Å². The van der Waals surface area contributed by atoms with Crippen molar-refractivity contribution in [3.63, 3.8) is 0 Å². The second kappa shape index (κ2) is 7.08. The Morgan fingerprint density at radius 2 is 2.28 bits per heavy atom. The number of aromatic amines is 1. The molecule has 0 aliphatic heterocycles. The molecule has 0 fully saturated rings. The summed E-state index contributed by atoms with van der Waals surface area (Å²) in [7, 11) is 0. The first kappa shape index (κ1) is 18.0. The van der Waals surface area contributed by atoms with Crippen LogP contribution in [0.25, 0.3) is 22.3 Å². The summed E-state index contributed by atoms with van der Waals surface area (Å²) in [5.74, 6) is 1.12. The van der Waals surface area contributed by atoms with Crippen LogP contribution in [0.5, 0.6) is 0 Å². The van der Waals surface area contributed by atoms with Gasteiger partial charge in [-0.3, -0.25) is 0 Å². The number of anilines is 1. The fourth-order valence-corrected chi connectivity index (χ4v) is 4.24. The number of rotatable bonds is 5. The van der Waals surface area contributed by atoms with E-state index in [2.05, 4.69) is 56.2 Å². The maximum absolute atomic E-state index is 6.21. The largest absolute Gasteiger partial charge is 0.492 e. The van der Waals surface area contributed by atoms with Gasteiger partial charge in [-0.15, -0.1) is 5.10 Å². The molecule has 1 aliphatic carbocycles. The Morgan fingerprint density at radius 3 is 3.14 bits per heavy atom. The van der Waals surface area contributed by atoms with Gasteiger partial charge in [-0.2, -0.15) is 4.98 Å². The molecule has 2 N–H and O–H groups in total. The van der Waals surface area contributed by atoms with Gasteiger partial charge in [-0.1, -0.05) is 24.8 Å². The summed E-state index contributed by atoms with van der Waals surface area (Å²) >= 11 is 6.21. The van der Waals surface area contributed by atoms with Gasteiger partial charge < -0.3 is 15.0 Å². The summed E-state index contributed by atoms with van der Waals surface area (Å²) in [6, 6.07) is 8.67. The predicted octanol–water partition coefficient (Wildman–Crippen LogP) is 4.24. The van der Waals surface area contributed by atoms with Crippen LogP contribution in [0.15, 0.2) is 37.0 Å². The van der Waals surface area contributed by atoms with E-state index in [4.69, 9.17) is 16.3 Å². The Morgan fingerprint density at radius 1 is 1.41 bits per heavy atom. The summed E-state index contributed by atoms with van der Waals surface area (Å²) in [4.78, 5) is 12.4. The number of aryl methyl sites for hydroxylation is 1. The summed E-state index contributed by atoms with van der Waals surface area (Å²) in [6.07, 6.45) is 4.57. The summed E-state index contributed by atoms with van der Waals surface area (Å²) in [6.45, 7) is 6.38. The zero-order valence-corrected chi connectivity index (χ0v) is 16.8. The van der Waals surface area contributed by atoms with Crippen LogP contribution in [0.1, 0.15) is 30.3 Å². The van der Waals surface area contributed by atoms with E-state index in [1.165, 1.54) is 22.2 Å². The van der Waals surface area contributed by atoms with Gasteiger partial charge >= 0.3 is 0 Å². The maximum atomic E-state index is 6.21. The first-order valence-corrected chi connectivity index (χ1v) is 10.1. The van der Waals surface area contributed by atoms with Crippen LogP contribution in [0, 0.1) is 0 Å². The second-order valence-electron chi connectivity index (χ2n) is 7.18. The van der Waals surface area contributed by atoms with E-state index < -0.39 is 0 Å². The summed E-state index contributed by atoms with van der Waals surface area (Å²) in [5, 5.41) is 9.26. The minimum atomic E-state index is 0.146. The molecule has 3 heterocycles. The molecule has 3 aromatic heterocycles. The van der Waals surface area contributed by atoms with Crippen LogP contribution >= 0.6 is 11.6 Å². The molecular formula is C21H21ClN6O. The van der Waals surface area contributed by atoms with Crippen LogP contribution in [0.2, 0.25) is 5.28 Å². The van der Waals surface area contributed by atoms with Gasteiger partial charge in [-0.05, 0) is 49.4 Å². The molecule has 0 spiro atoms. The van der Waals surface area contributed by atoms with Gasteiger partial charge in [0.15, 0.2) is 11.5 Å². The van der Waals surface area contributed by atoms with Gasteiger partial charge in [-0.25, -0.2) is 9.50 Å². The molecule has 7 nitrogen and oxygen atoms in total. The van der Waals surface area contributed by atoms with Crippen LogP contribution in [-0.2, 0) is 17.6 Å². The number of H-pyrrole nitrogens is 1. The van der Waals surface area contributed by atoms with Gasteiger partial charge in [0.05, 0.1) is 12.8 Å². The van der Waals surface area contributed by atoms with Crippen LogP contribution in [-0.4, -0.2) is 37.2 Å². The number of halogens is 1. The van der Waals surface area contributed by atoms with Crippen molar-refractivity contribution in [1.82, 2.24) is 24.6 Å². The molecule has 1 atom stereocenters. The minimum absolute atomic E-state index is 0.146. The van der Waals surface area contributed by atoms with E-state index >= 15 is 0 Å². The molecule has 0 bridgehead atoms. The lowest BCUT2D eigenvalue weighted by molar-refractivity contribution is 0.297. The fraction of sp³-hybridized carbons (Fsp3) is 0.286. The lowest BCUT2D eigenvalue weighted by atomic mass is 9.91.